The van der Waals surface area contributed by atoms with Crippen molar-refractivity contribution in [2.24, 2.45) is 0 Å². The lowest BCUT2D eigenvalue weighted by Gasteiger charge is -2.25. The number of hydrogen-bond donors (Lipinski definition) is 2. The molecule has 0 radical (unpaired) electrons. The molecule has 0 spiro atoms. The highest BCUT2D eigenvalue weighted by Gasteiger charge is 2.23. The van der Waals surface area contributed by atoms with Gasteiger partial charge in [-0.3, -0.25) is 10.1 Å². The predicted octanol–water partition coefficient (Wildman–Crippen LogP) is 3.57. The molecule has 21 heavy (non-hydrogen) atoms. The summed E-state index contributed by atoms with van der Waals surface area (Å²) in [6.07, 6.45) is 0. The summed E-state index contributed by atoms with van der Waals surface area (Å²) in [6.45, 7) is 1.93. The van der Waals surface area contributed by atoms with Crippen LogP contribution < -0.4 is 5.32 Å². The molecule has 1 unspecified atom stereocenters. The van der Waals surface area contributed by atoms with Gasteiger partial charge in [-0.15, -0.1) is 0 Å². The standard InChI is InChI=1S/C15H15ClN2O3/c1-15(19,11-3-2-4-12(16)9-11)10-17-13-5-7-14(8-6-13)18(20)21/h2-9,17,19H,10H2,1H3. The zero-order chi connectivity index (χ0) is 15.5. The van der Waals surface area contributed by atoms with E-state index in [1.165, 1.54) is 12.1 Å². The van der Waals surface area contributed by atoms with Crippen molar-refractivity contribution >= 4 is 23.0 Å². The van der Waals surface area contributed by atoms with Crippen LogP contribution in [0, 0.1) is 10.1 Å². The van der Waals surface area contributed by atoms with Crippen molar-refractivity contribution in [2.45, 2.75) is 12.5 Å². The summed E-state index contributed by atoms with van der Waals surface area (Å²) in [7, 11) is 0. The van der Waals surface area contributed by atoms with Gasteiger partial charge >= 0.3 is 0 Å². The number of anilines is 1. The third-order valence-electron chi connectivity index (χ3n) is 3.16. The average molecular weight is 307 g/mol. The van der Waals surface area contributed by atoms with E-state index in [1.54, 1.807) is 43.3 Å². The van der Waals surface area contributed by atoms with E-state index in [0.29, 0.717) is 16.3 Å². The van der Waals surface area contributed by atoms with E-state index in [9.17, 15) is 15.2 Å². The van der Waals surface area contributed by atoms with Crippen LogP contribution in [0.15, 0.2) is 48.5 Å². The highest BCUT2D eigenvalue weighted by Crippen LogP contribution is 2.24. The first-order valence-electron chi connectivity index (χ1n) is 6.35. The molecule has 0 heterocycles. The molecule has 0 aromatic heterocycles. The van der Waals surface area contributed by atoms with Crippen molar-refractivity contribution in [1.82, 2.24) is 0 Å². The summed E-state index contributed by atoms with van der Waals surface area (Å²) in [5.41, 5.74) is 0.321. The van der Waals surface area contributed by atoms with E-state index in [1.807, 2.05) is 0 Å². The van der Waals surface area contributed by atoms with E-state index in [0.717, 1.165) is 0 Å². The van der Waals surface area contributed by atoms with Gasteiger partial charge in [-0.1, -0.05) is 23.7 Å². The first kappa shape index (κ1) is 15.3. The number of benzene rings is 2. The Kier molecular flexibility index (Phi) is 4.45. The molecule has 2 aromatic rings. The monoisotopic (exact) mass is 306 g/mol. The van der Waals surface area contributed by atoms with Gasteiger partial charge in [0.2, 0.25) is 0 Å². The molecule has 5 nitrogen and oxygen atoms in total. The molecule has 0 saturated carbocycles. The van der Waals surface area contributed by atoms with Crippen LogP contribution in [0.4, 0.5) is 11.4 Å². The molecule has 0 saturated heterocycles. The molecule has 1 atom stereocenters. The highest BCUT2D eigenvalue weighted by molar-refractivity contribution is 6.30. The number of halogens is 1. The number of non-ortho nitro benzene ring substituents is 1. The third kappa shape index (κ3) is 3.93. The minimum Gasteiger partial charge on any atom is -0.384 e. The van der Waals surface area contributed by atoms with Gasteiger partial charge in [0.05, 0.1) is 4.92 Å². The van der Waals surface area contributed by atoms with Crippen LogP contribution in [0.1, 0.15) is 12.5 Å². The number of nitro benzene ring substituents is 1. The zero-order valence-electron chi connectivity index (χ0n) is 11.4. The van der Waals surface area contributed by atoms with Crippen LogP contribution in [0.3, 0.4) is 0 Å². The van der Waals surface area contributed by atoms with Gasteiger partial charge in [0.15, 0.2) is 0 Å². The topological polar surface area (TPSA) is 75.4 Å². The number of nitro groups is 1. The van der Waals surface area contributed by atoms with Crippen molar-refractivity contribution in [1.29, 1.82) is 0 Å². The lowest BCUT2D eigenvalue weighted by Crippen LogP contribution is -2.30. The van der Waals surface area contributed by atoms with Crippen LogP contribution in [-0.4, -0.2) is 16.6 Å². The Morgan fingerprint density at radius 2 is 1.95 bits per heavy atom. The van der Waals surface area contributed by atoms with Gasteiger partial charge in [-0.2, -0.15) is 0 Å². The maximum atomic E-state index is 10.6. The zero-order valence-corrected chi connectivity index (χ0v) is 12.2. The molecular weight excluding hydrogens is 292 g/mol. The Balaban J connectivity index is 2.06. The van der Waals surface area contributed by atoms with Gasteiger partial charge in [0, 0.05) is 29.4 Å². The maximum Gasteiger partial charge on any atom is 0.269 e. The van der Waals surface area contributed by atoms with E-state index in [-0.39, 0.29) is 12.2 Å². The molecule has 0 aliphatic carbocycles. The number of nitrogens with zero attached hydrogens (tertiary/aromatic N) is 1. The fourth-order valence-electron chi connectivity index (χ4n) is 1.90. The van der Waals surface area contributed by atoms with Crippen LogP contribution in [0.5, 0.6) is 0 Å². The average Bonchev–Trinajstić information content (AvgIpc) is 2.45. The summed E-state index contributed by atoms with van der Waals surface area (Å²) in [4.78, 5) is 10.1. The summed E-state index contributed by atoms with van der Waals surface area (Å²) in [5.74, 6) is 0. The maximum absolute atomic E-state index is 10.6. The van der Waals surface area contributed by atoms with Gasteiger partial charge in [-0.05, 0) is 36.8 Å². The van der Waals surface area contributed by atoms with E-state index < -0.39 is 10.5 Å². The third-order valence-corrected chi connectivity index (χ3v) is 3.40. The Bertz CT molecular complexity index is 642. The minimum absolute atomic E-state index is 0.0298. The van der Waals surface area contributed by atoms with Crippen LogP contribution in [-0.2, 0) is 5.60 Å². The molecule has 110 valence electrons. The molecule has 2 aromatic carbocycles. The largest absolute Gasteiger partial charge is 0.384 e. The van der Waals surface area contributed by atoms with E-state index in [2.05, 4.69) is 5.32 Å². The SMILES string of the molecule is CC(O)(CNc1ccc([N+](=O)[O-])cc1)c1cccc(Cl)c1. The number of nitrogens with one attached hydrogen (secondary N) is 1. The lowest BCUT2D eigenvalue weighted by molar-refractivity contribution is -0.384. The van der Waals surface area contributed by atoms with Gasteiger partial charge in [0.25, 0.3) is 5.69 Å². The van der Waals surface area contributed by atoms with Crippen molar-refractivity contribution in [3.8, 4) is 0 Å². The van der Waals surface area contributed by atoms with Gasteiger partial charge in [0.1, 0.15) is 5.60 Å². The second-order valence-corrected chi connectivity index (χ2v) is 5.38. The molecule has 0 aliphatic rings. The molecule has 0 bridgehead atoms. The predicted molar refractivity (Wildman–Crippen MR) is 82.6 cm³/mol. The molecule has 2 N–H and O–H groups in total. The molecule has 6 heteroatoms. The van der Waals surface area contributed by atoms with Crippen molar-refractivity contribution in [3.05, 3.63) is 69.2 Å². The van der Waals surface area contributed by atoms with Crippen molar-refractivity contribution in [2.75, 3.05) is 11.9 Å². The van der Waals surface area contributed by atoms with Crippen LogP contribution >= 0.6 is 11.6 Å². The van der Waals surface area contributed by atoms with Gasteiger partial charge < -0.3 is 10.4 Å². The Hall–Kier alpha value is -2.11. The van der Waals surface area contributed by atoms with E-state index >= 15 is 0 Å². The molecule has 2 rings (SSSR count). The Labute approximate surface area is 127 Å². The second kappa shape index (κ2) is 6.11. The highest BCUT2D eigenvalue weighted by atomic mass is 35.5. The van der Waals surface area contributed by atoms with Gasteiger partial charge in [-0.25, -0.2) is 0 Å². The first-order chi connectivity index (χ1) is 9.88. The smallest absolute Gasteiger partial charge is 0.269 e. The summed E-state index contributed by atoms with van der Waals surface area (Å²) >= 11 is 5.92. The Morgan fingerprint density at radius 3 is 2.52 bits per heavy atom. The number of rotatable bonds is 5. The summed E-state index contributed by atoms with van der Waals surface area (Å²) in [6, 6.07) is 13.1. The fraction of sp³-hybridized carbons (Fsp3) is 0.200. The normalized spacial score (nSPS) is 13.5. The molecule has 0 aliphatic heterocycles. The fourth-order valence-corrected chi connectivity index (χ4v) is 2.09. The Morgan fingerprint density at radius 1 is 1.29 bits per heavy atom. The summed E-state index contributed by atoms with van der Waals surface area (Å²) < 4.78 is 0. The van der Waals surface area contributed by atoms with Crippen molar-refractivity contribution in [3.63, 3.8) is 0 Å². The summed E-state index contributed by atoms with van der Waals surface area (Å²) in [5, 5.41) is 24.7. The quantitative estimate of drug-likeness (QED) is 0.654. The first-order valence-corrected chi connectivity index (χ1v) is 6.73. The lowest BCUT2D eigenvalue weighted by atomic mass is 9.96. The molecule has 0 amide bonds. The van der Waals surface area contributed by atoms with Crippen LogP contribution in [0.2, 0.25) is 5.02 Å². The second-order valence-electron chi connectivity index (χ2n) is 4.94. The number of aliphatic hydroxyl groups is 1. The number of hydrogen-bond acceptors (Lipinski definition) is 4. The molecular formula is C15H15ClN2O3. The molecule has 0 fully saturated rings. The van der Waals surface area contributed by atoms with E-state index in [4.69, 9.17) is 11.6 Å². The van der Waals surface area contributed by atoms with Crippen LogP contribution in [0.25, 0.3) is 0 Å². The van der Waals surface area contributed by atoms with Crippen molar-refractivity contribution < 1.29 is 10.0 Å². The minimum atomic E-state index is -1.10.